The van der Waals surface area contributed by atoms with Crippen LogP contribution < -0.4 is 10.1 Å². The molecule has 0 radical (unpaired) electrons. The molecule has 7 rings (SSSR count). The predicted octanol–water partition coefficient (Wildman–Crippen LogP) is 2.74. The highest BCUT2D eigenvalue weighted by Gasteiger charge is 2.76. The van der Waals surface area contributed by atoms with Crippen molar-refractivity contribution in [2.75, 3.05) is 13.7 Å². The van der Waals surface area contributed by atoms with Crippen LogP contribution in [0.2, 0.25) is 0 Å². The van der Waals surface area contributed by atoms with Crippen molar-refractivity contribution in [2.45, 2.75) is 94.4 Å². The minimum atomic E-state index is -2.36. The summed E-state index contributed by atoms with van der Waals surface area (Å²) in [6.45, 7) is 5.55. The van der Waals surface area contributed by atoms with Crippen LogP contribution >= 0.6 is 0 Å². The molecule has 1 aliphatic heterocycles. The normalized spacial score (nSPS) is 33.1. The number of aliphatic hydroxyl groups excluding tert-OH is 3. The number of methoxy groups -OCH3 is 1. The first kappa shape index (κ1) is 42.1. The Morgan fingerprint density at radius 3 is 2.15 bits per heavy atom. The molecule has 4 aliphatic rings. The van der Waals surface area contributed by atoms with Crippen LogP contribution in [0.3, 0.4) is 0 Å². The van der Waals surface area contributed by atoms with Crippen molar-refractivity contribution in [1.82, 2.24) is 5.32 Å². The molecule has 2 saturated carbocycles. The summed E-state index contributed by atoms with van der Waals surface area (Å²) in [6, 6.07) is 17.0. The second kappa shape index (κ2) is 15.2. The molecule has 14 nitrogen and oxygen atoms in total. The number of amides is 1. The Hall–Kier alpha value is -5.03. The van der Waals surface area contributed by atoms with Crippen molar-refractivity contribution < 1.29 is 68.0 Å². The smallest absolute Gasteiger partial charge is 0.338 e. The Labute approximate surface area is 339 Å². The van der Waals surface area contributed by atoms with Gasteiger partial charge in [0.25, 0.3) is 5.91 Å². The number of ether oxygens (including phenoxy) is 4. The maximum absolute atomic E-state index is 14.7. The van der Waals surface area contributed by atoms with E-state index in [-0.39, 0.29) is 40.9 Å². The van der Waals surface area contributed by atoms with Crippen molar-refractivity contribution in [1.29, 1.82) is 0 Å². The lowest BCUT2D eigenvalue weighted by molar-refractivity contribution is -0.343. The number of ketones is 1. The van der Waals surface area contributed by atoms with Crippen LogP contribution in [0.25, 0.3) is 0 Å². The third kappa shape index (κ3) is 6.73. The summed E-state index contributed by atoms with van der Waals surface area (Å²) in [4.78, 5) is 56.3. The van der Waals surface area contributed by atoms with E-state index in [9.17, 15) is 49.1 Å². The Morgan fingerprint density at radius 1 is 0.915 bits per heavy atom. The molecule has 1 saturated heterocycles. The number of fused-ring (bicyclic) bond motifs is 5. The number of benzene rings is 3. The van der Waals surface area contributed by atoms with Gasteiger partial charge in [-0.15, -0.1) is 0 Å². The van der Waals surface area contributed by atoms with Crippen molar-refractivity contribution in [3.63, 3.8) is 0 Å². The van der Waals surface area contributed by atoms with E-state index < -0.39 is 106 Å². The fraction of sp³-hybridized carbons (Fsp3) is 0.455. The van der Waals surface area contributed by atoms with Gasteiger partial charge in [0.15, 0.2) is 11.9 Å². The molecule has 1 heterocycles. The summed E-state index contributed by atoms with van der Waals surface area (Å²) in [5.74, 6) is -5.57. The zero-order chi connectivity index (χ0) is 42.8. The SMILES string of the molecule is COc1ccc(C(=O)NC(c2ccc(F)cc2)C(O)C(=O)OC2CC3(O)C(OC(=O)c4ccccc4)C4C5(O)COC5CC(O)[C@@]4(C)C(=O)C(O)C(=C2C)C3(C)C)cc1. The van der Waals surface area contributed by atoms with Gasteiger partial charge in [0.2, 0.25) is 0 Å². The molecule has 15 heteroatoms. The van der Waals surface area contributed by atoms with Gasteiger partial charge in [-0.2, -0.15) is 0 Å². The lowest BCUT2D eigenvalue weighted by atomic mass is 9.44. The minimum absolute atomic E-state index is 0.0752. The van der Waals surface area contributed by atoms with Gasteiger partial charge in [0.05, 0.1) is 42.9 Å². The third-order valence-electron chi connectivity index (χ3n) is 13.3. The maximum atomic E-state index is 14.7. The van der Waals surface area contributed by atoms with E-state index in [1.807, 2.05) is 0 Å². The molecular weight excluding hydrogens is 769 g/mol. The molecule has 59 heavy (non-hydrogen) atoms. The summed E-state index contributed by atoms with van der Waals surface area (Å²) in [7, 11) is 1.46. The van der Waals surface area contributed by atoms with Gasteiger partial charge in [-0.3, -0.25) is 9.59 Å². The number of carbonyl (C=O) groups excluding carboxylic acids is 4. The molecule has 3 aromatic rings. The maximum Gasteiger partial charge on any atom is 0.338 e. The van der Waals surface area contributed by atoms with E-state index in [0.717, 1.165) is 12.1 Å². The van der Waals surface area contributed by atoms with Crippen LogP contribution in [0.4, 0.5) is 4.39 Å². The molecule has 0 aromatic heterocycles. The van der Waals surface area contributed by atoms with Gasteiger partial charge >= 0.3 is 11.9 Å². The summed E-state index contributed by atoms with van der Waals surface area (Å²) in [5, 5.41) is 63.6. The van der Waals surface area contributed by atoms with Crippen molar-refractivity contribution in [3.8, 4) is 5.75 Å². The average molecular weight is 818 g/mol. The average Bonchev–Trinajstić information content (AvgIpc) is 3.22. The van der Waals surface area contributed by atoms with Crippen LogP contribution in [0.15, 0.2) is 90.0 Å². The van der Waals surface area contributed by atoms with Crippen LogP contribution in [0, 0.1) is 22.6 Å². The molecule has 2 bridgehead atoms. The molecule has 1 amide bonds. The second-order valence-electron chi connectivity index (χ2n) is 16.7. The topological polar surface area (TPSA) is 218 Å². The number of hydrogen-bond acceptors (Lipinski definition) is 13. The van der Waals surface area contributed by atoms with Gasteiger partial charge in [0, 0.05) is 29.7 Å². The summed E-state index contributed by atoms with van der Waals surface area (Å²) in [5.41, 5.74) is -7.54. The molecule has 10 unspecified atom stereocenters. The largest absolute Gasteiger partial charge is 0.497 e. The molecule has 3 aliphatic carbocycles. The number of halogens is 1. The van der Waals surface area contributed by atoms with Gasteiger partial charge < -0.3 is 49.8 Å². The van der Waals surface area contributed by atoms with E-state index in [1.54, 1.807) is 18.2 Å². The zero-order valence-corrected chi connectivity index (χ0v) is 33.1. The number of Topliss-reactive ketones (excluding diaryl/α,β-unsaturated/α-hetero) is 1. The zero-order valence-electron chi connectivity index (χ0n) is 33.1. The Morgan fingerprint density at radius 2 is 1.56 bits per heavy atom. The molecule has 3 fully saturated rings. The van der Waals surface area contributed by atoms with E-state index in [1.165, 1.54) is 83.3 Å². The van der Waals surface area contributed by atoms with E-state index >= 15 is 0 Å². The molecule has 11 atom stereocenters. The second-order valence-corrected chi connectivity index (χ2v) is 16.7. The first-order chi connectivity index (χ1) is 27.8. The Balaban J connectivity index is 1.30. The molecule has 314 valence electrons. The Kier molecular flexibility index (Phi) is 10.9. The van der Waals surface area contributed by atoms with Crippen molar-refractivity contribution in [2.24, 2.45) is 16.7 Å². The Bertz CT molecular complexity index is 2160. The molecule has 3 aromatic carbocycles. The number of esters is 2. The molecule has 6 N–H and O–H groups in total. The fourth-order valence-electron chi connectivity index (χ4n) is 9.70. The van der Waals surface area contributed by atoms with Gasteiger partial charge in [-0.1, -0.05) is 44.2 Å². The third-order valence-corrected chi connectivity index (χ3v) is 13.3. The van der Waals surface area contributed by atoms with E-state index in [2.05, 4.69) is 5.32 Å². The number of rotatable bonds is 9. The molecule has 0 spiro atoms. The van der Waals surface area contributed by atoms with E-state index in [0.29, 0.717) is 5.75 Å². The van der Waals surface area contributed by atoms with Crippen LogP contribution in [0.1, 0.15) is 72.9 Å². The van der Waals surface area contributed by atoms with E-state index in [4.69, 9.17) is 18.9 Å². The first-order valence-corrected chi connectivity index (χ1v) is 19.3. The van der Waals surface area contributed by atoms with Gasteiger partial charge in [0.1, 0.15) is 41.1 Å². The lowest BCUT2D eigenvalue weighted by Gasteiger charge is -2.66. The van der Waals surface area contributed by atoms with Gasteiger partial charge in [-0.05, 0) is 79.1 Å². The van der Waals surface area contributed by atoms with Crippen LogP contribution in [-0.4, -0.2) is 111 Å². The highest BCUT2D eigenvalue weighted by atomic mass is 19.1. The minimum Gasteiger partial charge on any atom is -0.497 e. The van der Waals surface area contributed by atoms with Crippen molar-refractivity contribution >= 4 is 23.6 Å². The number of hydrogen-bond donors (Lipinski definition) is 6. The van der Waals surface area contributed by atoms with Crippen LogP contribution in [-0.2, 0) is 23.8 Å². The summed E-state index contributed by atoms with van der Waals surface area (Å²) in [6.07, 6.45) is -10.8. The number of carbonyl (C=O) groups is 4. The highest BCUT2D eigenvalue weighted by Crippen LogP contribution is 2.63. The fourth-order valence-corrected chi connectivity index (χ4v) is 9.70. The summed E-state index contributed by atoms with van der Waals surface area (Å²) >= 11 is 0. The quantitative estimate of drug-likeness (QED) is 0.135. The number of nitrogens with one attached hydrogen (secondary N) is 1. The van der Waals surface area contributed by atoms with Crippen molar-refractivity contribution in [3.05, 3.63) is 113 Å². The summed E-state index contributed by atoms with van der Waals surface area (Å²) < 4.78 is 37.0. The van der Waals surface area contributed by atoms with Gasteiger partial charge in [-0.25, -0.2) is 14.0 Å². The first-order valence-electron chi connectivity index (χ1n) is 19.3. The highest BCUT2D eigenvalue weighted by molar-refractivity contribution is 5.95. The predicted molar refractivity (Wildman–Crippen MR) is 205 cm³/mol. The van der Waals surface area contributed by atoms with Crippen LogP contribution in [0.5, 0.6) is 5.75 Å². The lowest BCUT2D eigenvalue weighted by Crippen LogP contribution is -2.81. The number of aliphatic hydroxyl groups is 5. The standard InChI is InChI=1S/C44H48FNO13/c1-22-28(58-40(53)34(49)32(23-11-15-26(45)16-12-23)46-38(51)24-13-17-27(56-5)18-14-24)20-44(55)37(59-39(52)25-9-7-6-8-10-25)35-42(4,29(47)19-30-43(35,54)21-57-30)36(50)33(48)31(22)41(44,2)3/h6-18,28-30,32-35,37,47-49,54-55H,19-21H2,1-5H3,(H,46,51)/t28?,29?,30?,32?,33?,34?,35?,37?,42-,43?,44?/m1/s1. The monoisotopic (exact) mass is 817 g/mol. The molecular formula is C44H48FNO13.